The molecule has 0 bridgehead atoms. The van der Waals surface area contributed by atoms with Crippen LogP contribution in [0, 0.1) is 0 Å². The number of carboxylic acids is 1. The number of amides is 1. The second-order valence-corrected chi connectivity index (χ2v) is 10.2. The number of aliphatic carboxylic acids is 1. The first-order valence-corrected chi connectivity index (χ1v) is 12.5. The number of carboxylic acid groups (broad SMARTS) is 1. The summed E-state index contributed by atoms with van der Waals surface area (Å²) in [6.45, 7) is -0.00187. The Hall–Kier alpha value is -2.95. The van der Waals surface area contributed by atoms with Crippen LogP contribution in [0.1, 0.15) is 17.0 Å². The third kappa shape index (κ3) is 5.18. The number of rotatable bonds is 7. The fourth-order valence-electron chi connectivity index (χ4n) is 4.38. The van der Waals surface area contributed by atoms with Gasteiger partial charge >= 0.3 is 12.1 Å². The Morgan fingerprint density at radius 3 is 2.30 bits per heavy atom. The van der Waals surface area contributed by atoms with Gasteiger partial charge in [-0.2, -0.15) is 4.31 Å². The van der Waals surface area contributed by atoms with Crippen molar-refractivity contribution < 1.29 is 32.6 Å². The predicted octanol–water partition coefficient (Wildman–Crippen LogP) is 1.98. The summed E-state index contributed by atoms with van der Waals surface area (Å²) in [4.78, 5) is 25.3. The van der Waals surface area contributed by atoms with Crippen LogP contribution < -0.4 is 0 Å². The lowest BCUT2D eigenvalue weighted by atomic mass is 9.98. The second kappa shape index (κ2) is 9.50. The molecule has 1 aliphatic carbocycles. The van der Waals surface area contributed by atoms with E-state index in [1.54, 1.807) is 0 Å². The van der Waals surface area contributed by atoms with E-state index in [0.29, 0.717) is 6.54 Å². The van der Waals surface area contributed by atoms with Crippen molar-refractivity contribution in [3.05, 3.63) is 59.7 Å². The number of hydrogen-bond acceptors (Lipinski definition) is 6. The summed E-state index contributed by atoms with van der Waals surface area (Å²) >= 11 is 0. The van der Waals surface area contributed by atoms with Crippen molar-refractivity contribution in [1.29, 1.82) is 0 Å². The topological polar surface area (TPSA) is 113 Å². The molecule has 1 saturated heterocycles. The van der Waals surface area contributed by atoms with Gasteiger partial charge in [0.1, 0.15) is 13.2 Å². The Balaban J connectivity index is 1.40. The molecule has 0 spiro atoms. The number of sulfonamides is 1. The predicted molar refractivity (Wildman–Crippen MR) is 120 cm³/mol. The van der Waals surface area contributed by atoms with Gasteiger partial charge in [-0.05, 0) is 22.3 Å². The highest BCUT2D eigenvalue weighted by Gasteiger charge is 2.32. The summed E-state index contributed by atoms with van der Waals surface area (Å²) in [5.41, 5.74) is 4.51. The van der Waals surface area contributed by atoms with E-state index in [1.807, 2.05) is 36.4 Å². The van der Waals surface area contributed by atoms with Gasteiger partial charge in [0.2, 0.25) is 10.0 Å². The lowest BCUT2D eigenvalue weighted by Crippen LogP contribution is -2.51. The fourth-order valence-corrected chi connectivity index (χ4v) is 5.16. The highest BCUT2D eigenvalue weighted by atomic mass is 32.2. The molecular formula is C23H26N2O7S. The Bertz CT molecular complexity index is 1110. The first-order chi connectivity index (χ1) is 15.7. The molecule has 2 aromatic carbocycles. The number of carbonyl (C=O) groups is 2. The number of hydrogen-bond donors (Lipinski definition) is 1. The minimum atomic E-state index is -3.74. The monoisotopic (exact) mass is 474 g/mol. The molecule has 1 N–H and O–H groups in total. The van der Waals surface area contributed by atoms with Gasteiger partial charge < -0.3 is 19.5 Å². The van der Waals surface area contributed by atoms with Crippen LogP contribution in [0.3, 0.4) is 0 Å². The molecular weight excluding hydrogens is 448 g/mol. The van der Waals surface area contributed by atoms with E-state index in [-0.39, 0.29) is 32.2 Å². The van der Waals surface area contributed by atoms with Crippen LogP contribution in [-0.4, -0.2) is 86.5 Å². The van der Waals surface area contributed by atoms with Gasteiger partial charge in [0.25, 0.3) is 0 Å². The van der Waals surface area contributed by atoms with E-state index in [2.05, 4.69) is 12.1 Å². The lowest BCUT2D eigenvalue weighted by Gasteiger charge is -2.34. The zero-order valence-electron chi connectivity index (χ0n) is 18.2. The van der Waals surface area contributed by atoms with E-state index >= 15 is 0 Å². The largest absolute Gasteiger partial charge is 0.480 e. The molecule has 0 radical (unpaired) electrons. The van der Waals surface area contributed by atoms with Crippen molar-refractivity contribution in [2.75, 3.05) is 45.6 Å². The molecule has 2 aromatic rings. The zero-order chi connectivity index (χ0) is 23.6. The molecule has 0 aromatic heterocycles. The molecule has 9 nitrogen and oxygen atoms in total. The smallest absolute Gasteiger partial charge is 0.409 e. The number of benzene rings is 2. The average Bonchev–Trinajstić information content (AvgIpc) is 3.10. The first kappa shape index (κ1) is 23.2. The maximum absolute atomic E-state index is 12.8. The normalized spacial score (nSPS) is 18.1. The summed E-state index contributed by atoms with van der Waals surface area (Å²) in [7, 11) is -3.74. The van der Waals surface area contributed by atoms with Gasteiger partial charge in [0.15, 0.2) is 0 Å². The molecule has 2 aliphatic rings. The van der Waals surface area contributed by atoms with Crippen molar-refractivity contribution in [2.45, 2.75) is 12.0 Å². The van der Waals surface area contributed by atoms with Gasteiger partial charge in [0, 0.05) is 19.0 Å². The van der Waals surface area contributed by atoms with Crippen molar-refractivity contribution in [3.63, 3.8) is 0 Å². The summed E-state index contributed by atoms with van der Waals surface area (Å²) in [6, 6.07) is 16.1. The van der Waals surface area contributed by atoms with Gasteiger partial charge in [0.05, 0.1) is 25.5 Å². The van der Waals surface area contributed by atoms with Crippen molar-refractivity contribution in [3.8, 4) is 11.1 Å². The molecule has 0 saturated carbocycles. The van der Waals surface area contributed by atoms with Gasteiger partial charge in [-0.25, -0.2) is 13.2 Å². The first-order valence-electron chi connectivity index (χ1n) is 10.6. The van der Waals surface area contributed by atoms with Gasteiger partial charge in [-0.3, -0.25) is 4.79 Å². The number of morpholine rings is 1. The molecule has 10 heteroatoms. The molecule has 1 unspecified atom stereocenters. The van der Waals surface area contributed by atoms with Crippen molar-refractivity contribution >= 4 is 22.1 Å². The zero-order valence-corrected chi connectivity index (χ0v) is 19.0. The number of ether oxygens (including phenoxy) is 2. The van der Waals surface area contributed by atoms with Crippen LogP contribution in [-0.2, 0) is 24.3 Å². The third-order valence-electron chi connectivity index (χ3n) is 5.92. The maximum atomic E-state index is 12.8. The minimum Gasteiger partial charge on any atom is -0.480 e. The van der Waals surface area contributed by atoms with Gasteiger partial charge in [-0.1, -0.05) is 48.5 Å². The Morgan fingerprint density at radius 2 is 1.73 bits per heavy atom. The fraction of sp³-hybridized carbons (Fsp3) is 0.391. The van der Waals surface area contributed by atoms with Crippen molar-refractivity contribution in [2.24, 2.45) is 0 Å². The summed E-state index contributed by atoms with van der Waals surface area (Å²) in [5.74, 6) is -1.32. The van der Waals surface area contributed by atoms with Crippen molar-refractivity contribution in [1.82, 2.24) is 9.21 Å². The highest BCUT2D eigenvalue weighted by molar-refractivity contribution is 7.88. The highest BCUT2D eigenvalue weighted by Crippen LogP contribution is 2.44. The van der Waals surface area contributed by atoms with Crippen LogP contribution in [0.2, 0.25) is 0 Å². The summed E-state index contributed by atoms with van der Waals surface area (Å²) < 4.78 is 35.9. The molecule has 1 amide bonds. The van der Waals surface area contributed by atoms with Crippen LogP contribution in [0.4, 0.5) is 4.79 Å². The van der Waals surface area contributed by atoms with E-state index in [4.69, 9.17) is 14.6 Å². The van der Waals surface area contributed by atoms with Crippen LogP contribution >= 0.6 is 0 Å². The van der Waals surface area contributed by atoms with E-state index in [0.717, 1.165) is 32.8 Å². The molecule has 1 fully saturated rings. The van der Waals surface area contributed by atoms with Gasteiger partial charge in [-0.15, -0.1) is 0 Å². The quantitative estimate of drug-likeness (QED) is 0.653. The van der Waals surface area contributed by atoms with E-state index in [9.17, 15) is 18.0 Å². The SMILES string of the molecule is CS(=O)(=O)N(CC(=O)O)CC1CN(C(=O)OCC2c3ccccc3-c3ccccc32)CCO1. The second-order valence-electron chi connectivity index (χ2n) is 8.19. The Kier molecular flexibility index (Phi) is 6.68. The average molecular weight is 475 g/mol. The molecule has 4 rings (SSSR count). The van der Waals surface area contributed by atoms with E-state index < -0.39 is 34.7 Å². The summed E-state index contributed by atoms with van der Waals surface area (Å²) in [6.07, 6.45) is -0.204. The molecule has 33 heavy (non-hydrogen) atoms. The molecule has 176 valence electrons. The number of fused-ring (bicyclic) bond motifs is 3. The standard InChI is InChI=1S/C23H26N2O7S/c1-33(29,30)25(14-22(26)27)13-16-12-24(10-11-31-16)23(28)32-15-21-19-8-4-2-6-17(19)18-7-3-5-9-20(18)21/h2-9,16,21H,10-15H2,1H3,(H,26,27). The van der Waals surface area contributed by atoms with Crippen LogP contribution in [0.15, 0.2) is 48.5 Å². The van der Waals surface area contributed by atoms with E-state index in [1.165, 1.54) is 4.90 Å². The molecule has 1 heterocycles. The lowest BCUT2D eigenvalue weighted by molar-refractivity contribution is -0.137. The number of nitrogens with zero attached hydrogens (tertiary/aromatic N) is 2. The summed E-state index contributed by atoms with van der Waals surface area (Å²) in [5, 5.41) is 9.00. The minimum absolute atomic E-state index is 0.0607. The molecule has 1 atom stereocenters. The third-order valence-corrected chi connectivity index (χ3v) is 7.14. The van der Waals surface area contributed by atoms with Crippen LogP contribution in [0.25, 0.3) is 11.1 Å². The Morgan fingerprint density at radius 1 is 1.12 bits per heavy atom. The maximum Gasteiger partial charge on any atom is 0.409 e. The number of carbonyl (C=O) groups excluding carboxylic acids is 1. The molecule has 1 aliphatic heterocycles. The Labute approximate surface area is 192 Å². The van der Waals surface area contributed by atoms with Crippen LogP contribution in [0.5, 0.6) is 0 Å².